The molecule has 1 aromatic carbocycles. The van der Waals surface area contributed by atoms with E-state index in [1.54, 1.807) is 13.2 Å². The average Bonchev–Trinajstić information content (AvgIpc) is 2.56. The van der Waals surface area contributed by atoms with E-state index in [2.05, 4.69) is 4.74 Å². The Kier molecular flexibility index (Phi) is 3.81. The molecule has 116 valence electrons. The van der Waals surface area contributed by atoms with Crippen molar-refractivity contribution < 1.29 is 24.4 Å². The summed E-state index contributed by atoms with van der Waals surface area (Å²) in [6.07, 6.45) is 4.26. The summed E-state index contributed by atoms with van der Waals surface area (Å²) in [5.41, 5.74) is 1.03. The molecular formula is C17H19O5+. The van der Waals surface area contributed by atoms with E-state index in [9.17, 15) is 10.2 Å². The van der Waals surface area contributed by atoms with Crippen LogP contribution in [0.3, 0.4) is 0 Å². The van der Waals surface area contributed by atoms with Gasteiger partial charge in [0, 0.05) is 17.7 Å². The zero-order chi connectivity index (χ0) is 15.7. The Labute approximate surface area is 128 Å². The number of benzene rings is 1. The molecule has 3 unspecified atom stereocenters. The van der Waals surface area contributed by atoms with Crippen LogP contribution in [0.1, 0.15) is 11.7 Å². The van der Waals surface area contributed by atoms with Crippen LogP contribution in [0.4, 0.5) is 0 Å². The van der Waals surface area contributed by atoms with Gasteiger partial charge in [0.25, 0.3) is 0 Å². The minimum atomic E-state index is -1.08. The molecule has 0 radical (unpaired) electrons. The minimum Gasteiger partial charge on any atom is -0.577 e. The molecule has 0 spiro atoms. The molecule has 0 saturated heterocycles. The summed E-state index contributed by atoms with van der Waals surface area (Å²) in [5, 5.41) is 19.8. The third-order valence-electron chi connectivity index (χ3n) is 3.91. The van der Waals surface area contributed by atoms with Crippen molar-refractivity contribution >= 4 is 0 Å². The van der Waals surface area contributed by atoms with E-state index >= 15 is 0 Å². The lowest BCUT2D eigenvalue weighted by molar-refractivity contribution is -0.0481. The molecular weight excluding hydrogens is 284 g/mol. The van der Waals surface area contributed by atoms with E-state index in [0.29, 0.717) is 11.5 Å². The highest BCUT2D eigenvalue weighted by Gasteiger charge is 2.38. The summed E-state index contributed by atoms with van der Waals surface area (Å²) in [6.45, 7) is 0. The number of aliphatic hydroxyl groups excluding tert-OH is 2. The number of aliphatic hydroxyl groups is 4. The normalized spacial score (nSPS) is 26.9. The van der Waals surface area contributed by atoms with E-state index in [0.717, 1.165) is 11.3 Å². The molecule has 1 aliphatic carbocycles. The van der Waals surface area contributed by atoms with Gasteiger partial charge in [0.1, 0.15) is 17.8 Å². The monoisotopic (exact) mass is 303 g/mol. The first kappa shape index (κ1) is 14.5. The van der Waals surface area contributed by atoms with Crippen LogP contribution in [0.2, 0.25) is 0 Å². The smallest absolute Gasteiger partial charge is 0.244 e. The van der Waals surface area contributed by atoms with E-state index in [1.165, 1.54) is 7.11 Å². The highest BCUT2D eigenvalue weighted by atomic mass is 16.5. The van der Waals surface area contributed by atoms with E-state index in [-0.39, 0.29) is 17.8 Å². The molecule has 1 heterocycles. The Hall–Kier alpha value is -2.40. The van der Waals surface area contributed by atoms with E-state index in [1.807, 2.05) is 36.4 Å². The number of hydrogen-bond donors (Lipinski definition) is 2. The summed E-state index contributed by atoms with van der Waals surface area (Å²) in [4.78, 5) is 0. The largest absolute Gasteiger partial charge is 0.577 e. The van der Waals surface area contributed by atoms with Crippen LogP contribution < -0.4 is 4.74 Å². The molecule has 5 nitrogen and oxygen atoms in total. The molecule has 3 rings (SSSR count). The summed E-state index contributed by atoms with van der Waals surface area (Å²) in [5.74, 6) is 1.44. The predicted octanol–water partition coefficient (Wildman–Crippen LogP) is 2.12. The van der Waals surface area contributed by atoms with Crippen molar-refractivity contribution in [2.24, 2.45) is 5.92 Å². The zero-order valence-electron chi connectivity index (χ0n) is 12.4. The molecule has 3 atom stereocenters. The summed E-state index contributed by atoms with van der Waals surface area (Å²) in [7, 11) is 3.11. The molecule has 1 aromatic rings. The SMILES string of the molecule is COC1=C(O)C(O)C=C2[OH+]C(c3ccc(OC)cc3)C=CC21. The van der Waals surface area contributed by atoms with Gasteiger partial charge in [-0.2, -0.15) is 0 Å². The fraction of sp³-hybridized carbons (Fsp3) is 0.294. The Morgan fingerprint density at radius 1 is 1.05 bits per heavy atom. The van der Waals surface area contributed by atoms with Crippen molar-refractivity contribution in [1.82, 2.24) is 0 Å². The highest BCUT2D eigenvalue weighted by molar-refractivity contribution is 5.36. The van der Waals surface area contributed by atoms with Crippen molar-refractivity contribution in [1.29, 1.82) is 0 Å². The van der Waals surface area contributed by atoms with Gasteiger partial charge in [-0.25, -0.2) is 0 Å². The van der Waals surface area contributed by atoms with Crippen LogP contribution in [0.15, 0.2) is 59.8 Å². The molecule has 0 bridgehead atoms. The van der Waals surface area contributed by atoms with Crippen molar-refractivity contribution in [3.8, 4) is 5.75 Å². The van der Waals surface area contributed by atoms with Gasteiger partial charge in [0.15, 0.2) is 11.5 Å². The topological polar surface area (TPSA) is 71.7 Å². The van der Waals surface area contributed by atoms with Crippen LogP contribution in [0.25, 0.3) is 0 Å². The lowest BCUT2D eigenvalue weighted by atomic mass is 9.91. The van der Waals surface area contributed by atoms with Gasteiger partial charge >= 0.3 is 0 Å². The van der Waals surface area contributed by atoms with Crippen LogP contribution in [-0.4, -0.2) is 35.3 Å². The third-order valence-corrected chi connectivity index (χ3v) is 3.91. The number of methoxy groups -OCH3 is 2. The summed E-state index contributed by atoms with van der Waals surface area (Å²) < 4.78 is 15.0. The van der Waals surface area contributed by atoms with Crippen LogP contribution in [0.5, 0.6) is 5.75 Å². The van der Waals surface area contributed by atoms with Gasteiger partial charge in [-0.3, -0.25) is 0 Å². The predicted molar refractivity (Wildman–Crippen MR) is 81.3 cm³/mol. The van der Waals surface area contributed by atoms with Crippen molar-refractivity contribution in [2.75, 3.05) is 14.2 Å². The molecule has 0 fully saturated rings. The lowest BCUT2D eigenvalue weighted by Crippen LogP contribution is -2.28. The minimum absolute atomic E-state index is 0.126. The van der Waals surface area contributed by atoms with Gasteiger partial charge in [-0.15, -0.1) is 0 Å². The molecule has 0 saturated carbocycles. The second-order valence-electron chi connectivity index (χ2n) is 5.20. The fourth-order valence-electron chi connectivity index (χ4n) is 2.73. The first-order valence-corrected chi connectivity index (χ1v) is 7.04. The summed E-state index contributed by atoms with van der Waals surface area (Å²) >= 11 is 0. The molecule has 2 aliphatic rings. The molecule has 0 aromatic heterocycles. The zero-order valence-corrected chi connectivity index (χ0v) is 12.4. The Balaban J connectivity index is 1.88. The highest BCUT2D eigenvalue weighted by Crippen LogP contribution is 2.37. The molecule has 3 N–H and O–H groups in total. The van der Waals surface area contributed by atoms with Crippen LogP contribution in [0, 0.1) is 5.92 Å². The molecule has 22 heavy (non-hydrogen) atoms. The average molecular weight is 303 g/mol. The first-order chi connectivity index (χ1) is 10.6. The maximum atomic E-state index is 9.89. The molecule has 0 amide bonds. The number of rotatable bonds is 3. The second-order valence-corrected chi connectivity index (χ2v) is 5.20. The maximum Gasteiger partial charge on any atom is 0.244 e. The number of ether oxygens (including phenoxy) is 3. The van der Waals surface area contributed by atoms with E-state index in [4.69, 9.17) is 9.47 Å². The quantitative estimate of drug-likeness (QED) is 0.663. The van der Waals surface area contributed by atoms with Gasteiger partial charge in [0.05, 0.1) is 14.2 Å². The first-order valence-electron chi connectivity index (χ1n) is 7.04. The standard InChI is InChI=1S/C17H18O5/c1-20-11-5-3-10(4-6-11)14-8-7-12-15(22-14)9-13(18)16(19)17(12)21-2/h3-9,12-14,18-19H,1-2H3/p+1. The van der Waals surface area contributed by atoms with E-state index < -0.39 is 6.10 Å². The fourth-order valence-corrected chi connectivity index (χ4v) is 2.73. The maximum absolute atomic E-state index is 9.89. The summed E-state index contributed by atoms with van der Waals surface area (Å²) in [6, 6.07) is 7.70. The van der Waals surface area contributed by atoms with Gasteiger partial charge in [0.2, 0.25) is 11.9 Å². The van der Waals surface area contributed by atoms with Gasteiger partial charge < -0.3 is 24.4 Å². The van der Waals surface area contributed by atoms with Crippen LogP contribution in [-0.2, 0) is 4.74 Å². The number of hydrogen-bond acceptors (Lipinski definition) is 4. The van der Waals surface area contributed by atoms with Crippen molar-refractivity contribution in [2.45, 2.75) is 12.2 Å². The van der Waals surface area contributed by atoms with Crippen LogP contribution >= 0.6 is 0 Å². The Morgan fingerprint density at radius 3 is 2.41 bits per heavy atom. The number of fused-ring (bicyclic) bond motifs is 1. The molecule has 1 aliphatic heterocycles. The third kappa shape index (κ3) is 2.44. The molecule has 5 heteroatoms. The van der Waals surface area contributed by atoms with Gasteiger partial charge in [-0.05, 0) is 24.3 Å². The Bertz CT molecular complexity index is 642. The second kappa shape index (κ2) is 5.77. The van der Waals surface area contributed by atoms with Crippen molar-refractivity contribution in [3.05, 3.63) is 65.3 Å². The van der Waals surface area contributed by atoms with Gasteiger partial charge in [-0.1, -0.05) is 6.08 Å². The Morgan fingerprint density at radius 2 is 1.77 bits per heavy atom. The lowest BCUT2D eigenvalue weighted by Gasteiger charge is -2.29. The van der Waals surface area contributed by atoms with Crippen molar-refractivity contribution in [3.63, 3.8) is 0 Å².